The number of aliphatic hydroxyl groups is 2. The van der Waals surface area contributed by atoms with E-state index >= 15 is 0 Å². The van der Waals surface area contributed by atoms with Gasteiger partial charge in [-0.3, -0.25) is 0 Å². The Hall–Kier alpha value is -1.06. The van der Waals surface area contributed by atoms with Gasteiger partial charge in [0.05, 0.1) is 13.2 Å². The first kappa shape index (κ1) is 16.0. The molecule has 1 aromatic rings. The highest BCUT2D eigenvalue weighted by Gasteiger charge is 2.18. The number of hydrogen-bond donors (Lipinski definition) is 2. The van der Waals surface area contributed by atoms with Crippen LogP contribution in [0.25, 0.3) is 0 Å². The van der Waals surface area contributed by atoms with Crippen molar-refractivity contribution >= 4 is 5.69 Å². The Balaban J connectivity index is 3.32. The molecule has 1 rings (SSSR count). The molecule has 0 saturated carbocycles. The molecule has 0 atom stereocenters. The van der Waals surface area contributed by atoms with E-state index in [2.05, 4.69) is 50.8 Å². The second-order valence-electron chi connectivity index (χ2n) is 5.53. The highest BCUT2D eigenvalue weighted by Crippen LogP contribution is 2.35. The highest BCUT2D eigenvalue weighted by atomic mass is 16.3. The minimum absolute atomic E-state index is 0.101. The zero-order valence-corrected chi connectivity index (χ0v) is 12.6. The number of rotatable bonds is 7. The number of nitrogens with zero attached hydrogens (tertiary/aromatic N) is 1. The van der Waals surface area contributed by atoms with Crippen molar-refractivity contribution in [2.45, 2.75) is 39.5 Å². The Morgan fingerprint density at radius 1 is 0.895 bits per heavy atom. The molecule has 108 valence electrons. The summed E-state index contributed by atoms with van der Waals surface area (Å²) >= 11 is 0. The van der Waals surface area contributed by atoms with E-state index in [4.69, 9.17) is 0 Å². The van der Waals surface area contributed by atoms with Gasteiger partial charge in [-0.2, -0.15) is 0 Å². The van der Waals surface area contributed by atoms with Gasteiger partial charge in [0.15, 0.2) is 0 Å². The second kappa shape index (κ2) is 7.51. The van der Waals surface area contributed by atoms with Crippen LogP contribution in [0.5, 0.6) is 0 Å². The molecule has 0 amide bonds. The van der Waals surface area contributed by atoms with E-state index < -0.39 is 0 Å². The van der Waals surface area contributed by atoms with E-state index in [1.807, 2.05) is 0 Å². The molecule has 2 N–H and O–H groups in total. The summed E-state index contributed by atoms with van der Waals surface area (Å²) in [5, 5.41) is 18.5. The first-order chi connectivity index (χ1) is 9.02. The molecule has 0 aliphatic carbocycles. The molecule has 0 fully saturated rings. The molecule has 0 spiro atoms. The van der Waals surface area contributed by atoms with Crippen molar-refractivity contribution in [3.63, 3.8) is 0 Å². The van der Waals surface area contributed by atoms with Crippen LogP contribution in [0.2, 0.25) is 0 Å². The largest absolute Gasteiger partial charge is 0.395 e. The molecule has 19 heavy (non-hydrogen) atoms. The molecule has 1 aromatic carbocycles. The maximum Gasteiger partial charge on any atom is 0.0606 e. The summed E-state index contributed by atoms with van der Waals surface area (Å²) in [4.78, 5) is 2.10. The van der Waals surface area contributed by atoms with Crippen molar-refractivity contribution in [2.24, 2.45) is 0 Å². The average molecular weight is 265 g/mol. The summed E-state index contributed by atoms with van der Waals surface area (Å²) in [5.41, 5.74) is 3.76. The minimum atomic E-state index is 0.101. The molecule has 3 nitrogen and oxygen atoms in total. The van der Waals surface area contributed by atoms with Gasteiger partial charge in [-0.15, -0.1) is 0 Å². The maximum atomic E-state index is 9.26. The lowest BCUT2D eigenvalue weighted by atomic mass is 9.92. The zero-order chi connectivity index (χ0) is 14.4. The topological polar surface area (TPSA) is 43.7 Å². The van der Waals surface area contributed by atoms with Crippen LogP contribution in [-0.4, -0.2) is 36.5 Å². The Morgan fingerprint density at radius 3 is 1.63 bits per heavy atom. The van der Waals surface area contributed by atoms with Gasteiger partial charge in [-0.1, -0.05) is 45.9 Å². The number of hydrogen-bond acceptors (Lipinski definition) is 3. The molecule has 0 heterocycles. The summed E-state index contributed by atoms with van der Waals surface area (Å²) < 4.78 is 0. The van der Waals surface area contributed by atoms with E-state index in [-0.39, 0.29) is 13.2 Å². The fourth-order valence-corrected chi connectivity index (χ4v) is 2.45. The van der Waals surface area contributed by atoms with E-state index in [9.17, 15) is 10.2 Å². The molecule has 3 heteroatoms. The smallest absolute Gasteiger partial charge is 0.0606 e. The molecule has 0 aliphatic heterocycles. The van der Waals surface area contributed by atoms with Crippen molar-refractivity contribution in [2.75, 3.05) is 31.2 Å². The second-order valence-corrected chi connectivity index (χ2v) is 5.53. The summed E-state index contributed by atoms with van der Waals surface area (Å²) in [5.74, 6) is 0.849. The lowest BCUT2D eigenvalue weighted by Gasteiger charge is -2.30. The predicted octanol–water partition coefficient (Wildman–Crippen LogP) is 2.72. The van der Waals surface area contributed by atoms with Gasteiger partial charge in [0.2, 0.25) is 0 Å². The molecule has 0 aliphatic rings. The summed E-state index contributed by atoms with van der Waals surface area (Å²) in [6.45, 7) is 10.0. The molecule has 0 unspecified atom stereocenters. The van der Waals surface area contributed by atoms with Crippen LogP contribution in [0.4, 0.5) is 5.69 Å². The monoisotopic (exact) mass is 265 g/mol. The summed E-state index contributed by atoms with van der Waals surface area (Å²) in [7, 11) is 0. The number of aliphatic hydroxyl groups excluding tert-OH is 2. The molecular weight excluding hydrogens is 238 g/mol. The van der Waals surface area contributed by atoms with Gasteiger partial charge < -0.3 is 15.1 Å². The van der Waals surface area contributed by atoms with Crippen molar-refractivity contribution in [1.29, 1.82) is 0 Å². The van der Waals surface area contributed by atoms with Gasteiger partial charge in [0.25, 0.3) is 0 Å². The number of anilines is 1. The van der Waals surface area contributed by atoms with Crippen molar-refractivity contribution in [3.05, 3.63) is 29.3 Å². The lowest BCUT2D eigenvalue weighted by molar-refractivity contribution is 0.281. The highest BCUT2D eigenvalue weighted by molar-refractivity contribution is 5.62. The van der Waals surface area contributed by atoms with Crippen LogP contribution in [-0.2, 0) is 0 Å². The van der Waals surface area contributed by atoms with Gasteiger partial charge >= 0.3 is 0 Å². The number of benzene rings is 1. The summed E-state index contributed by atoms with van der Waals surface area (Å²) in [6, 6.07) is 6.39. The van der Waals surface area contributed by atoms with Gasteiger partial charge in [-0.25, -0.2) is 0 Å². The zero-order valence-electron chi connectivity index (χ0n) is 12.6. The van der Waals surface area contributed by atoms with Crippen LogP contribution in [0.15, 0.2) is 18.2 Å². The van der Waals surface area contributed by atoms with Crippen LogP contribution in [0.1, 0.15) is 50.7 Å². The van der Waals surface area contributed by atoms with Crippen molar-refractivity contribution < 1.29 is 10.2 Å². The third-order valence-electron chi connectivity index (χ3n) is 3.40. The number of para-hydroxylation sites is 1. The fraction of sp³-hybridized carbons (Fsp3) is 0.625. The van der Waals surface area contributed by atoms with Crippen LogP contribution in [0, 0.1) is 0 Å². The van der Waals surface area contributed by atoms with Crippen LogP contribution < -0.4 is 4.90 Å². The third kappa shape index (κ3) is 3.95. The van der Waals surface area contributed by atoms with Gasteiger partial charge in [0, 0.05) is 18.8 Å². The third-order valence-corrected chi connectivity index (χ3v) is 3.40. The predicted molar refractivity (Wildman–Crippen MR) is 81.0 cm³/mol. The van der Waals surface area contributed by atoms with E-state index in [0.29, 0.717) is 24.9 Å². The Kier molecular flexibility index (Phi) is 6.32. The van der Waals surface area contributed by atoms with Gasteiger partial charge in [-0.05, 0) is 23.0 Å². The SMILES string of the molecule is CC(C)c1cccc(C(C)C)c1N(CCO)CCO. The molecule has 0 bridgehead atoms. The average Bonchev–Trinajstić information content (AvgIpc) is 2.37. The van der Waals surface area contributed by atoms with Crippen molar-refractivity contribution in [1.82, 2.24) is 0 Å². The normalized spacial score (nSPS) is 11.4. The Bertz CT molecular complexity index is 356. The minimum Gasteiger partial charge on any atom is -0.395 e. The van der Waals surface area contributed by atoms with Crippen LogP contribution in [0.3, 0.4) is 0 Å². The Labute approximate surface area is 116 Å². The molecule has 0 saturated heterocycles. The van der Waals surface area contributed by atoms with Crippen LogP contribution >= 0.6 is 0 Å². The maximum absolute atomic E-state index is 9.26. The molecular formula is C16H27NO2. The van der Waals surface area contributed by atoms with Crippen molar-refractivity contribution in [3.8, 4) is 0 Å². The molecule has 0 aromatic heterocycles. The van der Waals surface area contributed by atoms with E-state index in [1.54, 1.807) is 0 Å². The van der Waals surface area contributed by atoms with E-state index in [1.165, 1.54) is 16.8 Å². The quantitative estimate of drug-likeness (QED) is 0.796. The van der Waals surface area contributed by atoms with Gasteiger partial charge in [0.1, 0.15) is 0 Å². The summed E-state index contributed by atoms with van der Waals surface area (Å²) in [6.07, 6.45) is 0. The molecule has 0 radical (unpaired) electrons. The standard InChI is InChI=1S/C16H27NO2/c1-12(2)14-6-5-7-15(13(3)4)16(14)17(8-10-18)9-11-19/h5-7,12-13,18-19H,8-11H2,1-4H3. The Morgan fingerprint density at radius 2 is 1.32 bits per heavy atom. The fourth-order valence-electron chi connectivity index (χ4n) is 2.45. The first-order valence-electron chi connectivity index (χ1n) is 7.12. The first-order valence-corrected chi connectivity index (χ1v) is 7.12. The lowest BCUT2D eigenvalue weighted by Crippen LogP contribution is -2.31. The van der Waals surface area contributed by atoms with E-state index in [0.717, 1.165) is 0 Å².